The molecule has 1 heterocycles. The third-order valence-electron chi connectivity index (χ3n) is 2.98. The number of hydrogen-bond donors (Lipinski definition) is 1. The zero-order chi connectivity index (χ0) is 14.7. The second-order valence-electron chi connectivity index (χ2n) is 4.33. The average Bonchev–Trinajstić information content (AvgIpc) is 2.72. The summed E-state index contributed by atoms with van der Waals surface area (Å²) in [5.41, 5.74) is 2.11. The number of rotatable bonds is 5. The van der Waals surface area contributed by atoms with Crippen LogP contribution >= 0.6 is 11.3 Å². The van der Waals surface area contributed by atoms with Crippen molar-refractivity contribution in [1.82, 2.24) is 4.57 Å². The number of aryl methyl sites for hydroxylation is 1. The van der Waals surface area contributed by atoms with E-state index in [1.165, 1.54) is 6.07 Å². The molecular weight excluding hydrogens is 278 g/mol. The van der Waals surface area contributed by atoms with Crippen LogP contribution in [0.1, 0.15) is 18.2 Å². The fourth-order valence-corrected chi connectivity index (χ4v) is 2.75. The summed E-state index contributed by atoms with van der Waals surface area (Å²) in [6.07, 6.45) is 0. The first-order valence-electron chi connectivity index (χ1n) is 6.19. The maximum atomic E-state index is 11.8. The molecule has 0 aliphatic heterocycles. The summed E-state index contributed by atoms with van der Waals surface area (Å²) in [6.45, 7) is 4.64. The van der Waals surface area contributed by atoms with Crippen LogP contribution in [-0.2, 0) is 6.54 Å². The lowest BCUT2D eigenvalue weighted by Gasteiger charge is -2.12. The number of para-hydroxylation sites is 1. The van der Waals surface area contributed by atoms with Crippen LogP contribution < -0.4 is 10.2 Å². The molecule has 2 aromatic rings. The standard InChI is InChI=1S/C13H15N3O3S/c1-3-14-12-10(5-4-6-11(12)16(18)19)7-15-9(2)8-20-13(15)17/h4-6,8,14H,3,7H2,1-2H3. The van der Waals surface area contributed by atoms with Gasteiger partial charge in [0.25, 0.3) is 5.69 Å². The molecular formula is C13H15N3O3S. The van der Waals surface area contributed by atoms with Crippen molar-refractivity contribution in [1.29, 1.82) is 0 Å². The molecule has 20 heavy (non-hydrogen) atoms. The van der Waals surface area contributed by atoms with Gasteiger partial charge in [0.1, 0.15) is 5.69 Å². The number of aromatic nitrogens is 1. The van der Waals surface area contributed by atoms with Crippen LogP contribution in [0.3, 0.4) is 0 Å². The van der Waals surface area contributed by atoms with Gasteiger partial charge in [0.2, 0.25) is 0 Å². The smallest absolute Gasteiger partial charge is 0.307 e. The Morgan fingerprint density at radius 3 is 2.75 bits per heavy atom. The number of thiazole rings is 1. The molecule has 0 spiro atoms. The summed E-state index contributed by atoms with van der Waals surface area (Å²) in [7, 11) is 0. The molecule has 1 aromatic carbocycles. The van der Waals surface area contributed by atoms with Gasteiger partial charge in [-0.2, -0.15) is 0 Å². The SMILES string of the molecule is CCNc1c(Cn2c(C)csc2=O)cccc1[N+](=O)[O-]. The largest absolute Gasteiger partial charge is 0.379 e. The number of nitrogens with one attached hydrogen (secondary N) is 1. The number of nitro benzene ring substituents is 1. The minimum atomic E-state index is -0.412. The third-order valence-corrected chi connectivity index (χ3v) is 3.86. The van der Waals surface area contributed by atoms with Crippen LogP contribution in [0.15, 0.2) is 28.4 Å². The minimum absolute atomic E-state index is 0.0327. The molecule has 2 rings (SSSR count). The van der Waals surface area contributed by atoms with Gasteiger partial charge in [-0.15, -0.1) is 0 Å². The van der Waals surface area contributed by atoms with E-state index < -0.39 is 4.92 Å². The molecule has 0 bridgehead atoms. The van der Waals surface area contributed by atoms with E-state index in [1.54, 1.807) is 22.1 Å². The van der Waals surface area contributed by atoms with Crippen molar-refractivity contribution < 1.29 is 4.92 Å². The Bertz CT molecular complexity index is 690. The first-order chi connectivity index (χ1) is 9.54. The van der Waals surface area contributed by atoms with E-state index in [0.717, 1.165) is 22.6 Å². The van der Waals surface area contributed by atoms with Gasteiger partial charge in [-0.1, -0.05) is 23.5 Å². The predicted octanol–water partition coefficient (Wildman–Crippen LogP) is 2.61. The normalized spacial score (nSPS) is 10.5. The zero-order valence-electron chi connectivity index (χ0n) is 11.3. The monoisotopic (exact) mass is 293 g/mol. The van der Waals surface area contributed by atoms with Crippen molar-refractivity contribution >= 4 is 22.7 Å². The van der Waals surface area contributed by atoms with Crippen LogP contribution in [0.5, 0.6) is 0 Å². The van der Waals surface area contributed by atoms with Crippen LogP contribution in [0.4, 0.5) is 11.4 Å². The maximum absolute atomic E-state index is 11.8. The van der Waals surface area contributed by atoms with Gasteiger partial charge in [-0.05, 0) is 13.8 Å². The van der Waals surface area contributed by atoms with Crippen molar-refractivity contribution in [2.75, 3.05) is 11.9 Å². The van der Waals surface area contributed by atoms with E-state index in [0.29, 0.717) is 18.8 Å². The van der Waals surface area contributed by atoms with Crippen molar-refractivity contribution in [2.24, 2.45) is 0 Å². The highest BCUT2D eigenvalue weighted by Gasteiger charge is 2.17. The number of hydrogen-bond acceptors (Lipinski definition) is 5. The summed E-state index contributed by atoms with van der Waals surface area (Å²) >= 11 is 1.13. The Labute approximate surface area is 119 Å². The summed E-state index contributed by atoms with van der Waals surface area (Å²) in [5.74, 6) is 0. The molecule has 0 aliphatic carbocycles. The lowest BCUT2D eigenvalue weighted by atomic mass is 10.1. The molecule has 0 amide bonds. The van der Waals surface area contributed by atoms with Gasteiger partial charge < -0.3 is 5.32 Å². The van der Waals surface area contributed by atoms with Crippen LogP contribution in [-0.4, -0.2) is 16.0 Å². The fraction of sp³-hybridized carbons (Fsp3) is 0.308. The van der Waals surface area contributed by atoms with E-state index in [4.69, 9.17) is 0 Å². The number of anilines is 1. The second-order valence-corrected chi connectivity index (χ2v) is 5.15. The molecule has 106 valence electrons. The minimum Gasteiger partial charge on any atom is -0.379 e. The molecule has 1 aromatic heterocycles. The molecule has 0 saturated carbocycles. The average molecular weight is 293 g/mol. The van der Waals surface area contributed by atoms with E-state index in [9.17, 15) is 14.9 Å². The lowest BCUT2D eigenvalue weighted by Crippen LogP contribution is -2.17. The Hall–Kier alpha value is -2.15. The van der Waals surface area contributed by atoms with Gasteiger partial charge in [-0.3, -0.25) is 19.5 Å². The van der Waals surface area contributed by atoms with E-state index in [2.05, 4.69) is 5.32 Å². The predicted molar refractivity (Wildman–Crippen MR) is 79.7 cm³/mol. The highest BCUT2D eigenvalue weighted by Crippen LogP contribution is 2.28. The Morgan fingerprint density at radius 1 is 1.45 bits per heavy atom. The maximum Gasteiger partial charge on any atom is 0.307 e. The quantitative estimate of drug-likeness (QED) is 0.679. The number of nitro groups is 1. The van der Waals surface area contributed by atoms with Crippen LogP contribution in [0.25, 0.3) is 0 Å². The number of benzene rings is 1. The third kappa shape index (κ3) is 2.72. The van der Waals surface area contributed by atoms with Gasteiger partial charge in [-0.25, -0.2) is 0 Å². The molecule has 0 fully saturated rings. The van der Waals surface area contributed by atoms with Crippen molar-refractivity contribution in [3.8, 4) is 0 Å². The first kappa shape index (κ1) is 14.3. The molecule has 7 heteroatoms. The van der Waals surface area contributed by atoms with Gasteiger partial charge >= 0.3 is 4.87 Å². The van der Waals surface area contributed by atoms with Crippen LogP contribution in [0, 0.1) is 17.0 Å². The zero-order valence-corrected chi connectivity index (χ0v) is 12.1. The van der Waals surface area contributed by atoms with Crippen molar-refractivity contribution in [2.45, 2.75) is 20.4 Å². The number of nitrogens with zero attached hydrogens (tertiary/aromatic N) is 2. The van der Waals surface area contributed by atoms with E-state index >= 15 is 0 Å². The fourth-order valence-electron chi connectivity index (χ4n) is 2.02. The van der Waals surface area contributed by atoms with Crippen LogP contribution in [0.2, 0.25) is 0 Å². The molecule has 1 N–H and O–H groups in total. The summed E-state index contributed by atoms with van der Waals surface area (Å²) < 4.78 is 1.62. The highest BCUT2D eigenvalue weighted by atomic mass is 32.1. The summed E-state index contributed by atoms with van der Waals surface area (Å²) in [5, 5.41) is 15.9. The van der Waals surface area contributed by atoms with Gasteiger partial charge in [0.15, 0.2) is 0 Å². The first-order valence-corrected chi connectivity index (χ1v) is 7.07. The Kier molecular flexibility index (Phi) is 4.19. The Morgan fingerprint density at radius 2 is 2.20 bits per heavy atom. The Balaban J connectivity index is 2.48. The summed E-state index contributed by atoms with van der Waals surface area (Å²) in [6, 6.07) is 4.90. The van der Waals surface area contributed by atoms with Gasteiger partial charge in [0, 0.05) is 29.2 Å². The lowest BCUT2D eigenvalue weighted by molar-refractivity contribution is -0.384. The summed E-state index contributed by atoms with van der Waals surface area (Å²) in [4.78, 5) is 22.4. The molecule has 0 atom stereocenters. The van der Waals surface area contributed by atoms with E-state index in [-0.39, 0.29) is 10.6 Å². The molecule has 0 saturated heterocycles. The molecule has 0 unspecified atom stereocenters. The van der Waals surface area contributed by atoms with E-state index in [1.807, 2.05) is 13.8 Å². The molecule has 0 radical (unpaired) electrons. The van der Waals surface area contributed by atoms with Gasteiger partial charge in [0.05, 0.1) is 11.5 Å². The topological polar surface area (TPSA) is 77.2 Å². The molecule has 6 nitrogen and oxygen atoms in total. The highest BCUT2D eigenvalue weighted by molar-refractivity contribution is 7.07. The molecule has 0 aliphatic rings. The second kappa shape index (κ2) is 5.87. The van der Waals surface area contributed by atoms with Crippen molar-refractivity contribution in [3.63, 3.8) is 0 Å². The van der Waals surface area contributed by atoms with Crippen molar-refractivity contribution in [3.05, 3.63) is 54.6 Å².